The van der Waals surface area contributed by atoms with Crippen molar-refractivity contribution in [1.82, 2.24) is 14.8 Å². The molecule has 1 aromatic heterocycles. The van der Waals surface area contributed by atoms with Gasteiger partial charge in [0.2, 0.25) is 5.88 Å². The van der Waals surface area contributed by atoms with Gasteiger partial charge in [0.1, 0.15) is 5.60 Å². The summed E-state index contributed by atoms with van der Waals surface area (Å²) in [4.78, 5) is 20.7. The van der Waals surface area contributed by atoms with Gasteiger partial charge in [-0.15, -0.1) is 0 Å². The molecule has 0 bridgehead atoms. The average Bonchev–Trinajstić information content (AvgIpc) is 2.51. The van der Waals surface area contributed by atoms with E-state index in [0.29, 0.717) is 25.6 Å². The molecule has 26 heavy (non-hydrogen) atoms. The highest BCUT2D eigenvalue weighted by Crippen LogP contribution is 2.19. The van der Waals surface area contributed by atoms with Gasteiger partial charge in [-0.25, -0.2) is 9.78 Å². The maximum absolute atomic E-state index is 12.3. The molecule has 0 unspecified atom stereocenters. The summed E-state index contributed by atoms with van der Waals surface area (Å²) in [5, 5.41) is 0. The largest absolute Gasteiger partial charge is 0.478 e. The molecule has 0 radical (unpaired) electrons. The zero-order valence-electron chi connectivity index (χ0n) is 16.4. The Bertz CT molecular complexity index is 594. The van der Waals surface area contributed by atoms with Crippen molar-refractivity contribution >= 4 is 22.0 Å². The van der Waals surface area contributed by atoms with Crippen LogP contribution in [0, 0.1) is 0 Å². The first-order valence-corrected chi connectivity index (χ1v) is 9.93. The molecule has 2 heterocycles. The van der Waals surface area contributed by atoms with E-state index in [-0.39, 0.29) is 18.2 Å². The lowest BCUT2D eigenvalue weighted by Gasteiger charge is -2.44. The van der Waals surface area contributed by atoms with Crippen molar-refractivity contribution in [2.45, 2.75) is 58.7 Å². The van der Waals surface area contributed by atoms with Crippen molar-refractivity contribution in [2.24, 2.45) is 0 Å². The first-order chi connectivity index (χ1) is 12.2. The van der Waals surface area contributed by atoms with E-state index in [1.807, 2.05) is 37.8 Å². The lowest BCUT2D eigenvalue weighted by Crippen LogP contribution is -2.58. The third kappa shape index (κ3) is 6.43. The van der Waals surface area contributed by atoms with E-state index in [2.05, 4.69) is 39.7 Å². The molecule has 1 aliphatic rings. The first-order valence-electron chi connectivity index (χ1n) is 9.14. The van der Waals surface area contributed by atoms with Crippen LogP contribution in [0.3, 0.4) is 0 Å². The molecule has 1 aliphatic heterocycles. The van der Waals surface area contributed by atoms with Crippen molar-refractivity contribution in [2.75, 3.05) is 26.2 Å². The Hall–Kier alpha value is -1.34. The molecule has 1 saturated heterocycles. The Morgan fingerprint density at radius 2 is 1.96 bits per heavy atom. The van der Waals surface area contributed by atoms with Crippen molar-refractivity contribution in [3.8, 4) is 5.88 Å². The summed E-state index contributed by atoms with van der Waals surface area (Å²) in [6, 6.07) is 4.32. The summed E-state index contributed by atoms with van der Waals surface area (Å²) in [7, 11) is 0. The van der Waals surface area contributed by atoms with Gasteiger partial charge >= 0.3 is 6.09 Å². The van der Waals surface area contributed by atoms with Crippen LogP contribution in [0.5, 0.6) is 5.88 Å². The second kappa shape index (κ2) is 9.04. The molecule has 0 spiro atoms. The molecule has 7 heteroatoms. The number of rotatable bonds is 5. The molecule has 0 aliphatic carbocycles. The lowest BCUT2D eigenvalue weighted by atomic mass is 10.1. The molecule has 2 rings (SSSR count). The highest BCUT2D eigenvalue weighted by atomic mass is 79.9. The first kappa shape index (κ1) is 21.0. The van der Waals surface area contributed by atoms with Crippen LogP contribution < -0.4 is 4.74 Å². The Kier molecular flexibility index (Phi) is 7.29. The van der Waals surface area contributed by atoms with Crippen molar-refractivity contribution < 1.29 is 14.3 Å². The molecule has 0 N–H and O–H groups in total. The zero-order chi connectivity index (χ0) is 19.3. The number of carbonyl (C=O) groups is 1. The minimum Gasteiger partial charge on any atom is -0.478 e. The standard InChI is InChI=1S/C19H30BrN3O3/c1-14-12-22(18(24)26-19(3,4)5)13-15(2)23(14)9-6-10-25-17-11-16(20)7-8-21-17/h7-8,11,14-15H,6,9-10,12-13H2,1-5H3/t14-,15+. The van der Waals surface area contributed by atoms with Gasteiger partial charge in [0.25, 0.3) is 0 Å². The van der Waals surface area contributed by atoms with E-state index in [9.17, 15) is 4.79 Å². The monoisotopic (exact) mass is 427 g/mol. The van der Waals surface area contributed by atoms with Crippen LogP contribution in [0.4, 0.5) is 4.79 Å². The number of ether oxygens (including phenoxy) is 2. The maximum atomic E-state index is 12.3. The highest BCUT2D eigenvalue weighted by Gasteiger charge is 2.33. The number of piperazine rings is 1. The summed E-state index contributed by atoms with van der Waals surface area (Å²) in [6.07, 6.45) is 2.41. The number of carbonyl (C=O) groups excluding carboxylic acids is 1. The smallest absolute Gasteiger partial charge is 0.410 e. The number of amides is 1. The molecule has 146 valence electrons. The van der Waals surface area contributed by atoms with Gasteiger partial charge in [-0.2, -0.15) is 0 Å². The fourth-order valence-corrected chi connectivity index (χ4v) is 3.48. The van der Waals surface area contributed by atoms with E-state index in [1.54, 1.807) is 6.20 Å². The zero-order valence-corrected chi connectivity index (χ0v) is 18.0. The number of hydrogen-bond acceptors (Lipinski definition) is 5. The molecule has 0 aromatic carbocycles. The number of hydrogen-bond donors (Lipinski definition) is 0. The van der Waals surface area contributed by atoms with Crippen LogP contribution in [0.2, 0.25) is 0 Å². The van der Waals surface area contributed by atoms with E-state index >= 15 is 0 Å². The fourth-order valence-electron chi connectivity index (χ4n) is 3.16. The summed E-state index contributed by atoms with van der Waals surface area (Å²) in [5.74, 6) is 0.634. The van der Waals surface area contributed by atoms with Gasteiger partial charge in [-0.1, -0.05) is 15.9 Å². The number of aromatic nitrogens is 1. The molecule has 1 amide bonds. The Morgan fingerprint density at radius 3 is 2.54 bits per heavy atom. The Labute approximate surface area is 165 Å². The van der Waals surface area contributed by atoms with Gasteiger partial charge in [-0.3, -0.25) is 4.90 Å². The third-order valence-electron chi connectivity index (χ3n) is 4.26. The minimum absolute atomic E-state index is 0.222. The summed E-state index contributed by atoms with van der Waals surface area (Å²) < 4.78 is 12.2. The van der Waals surface area contributed by atoms with Crippen LogP contribution in [-0.4, -0.2) is 64.8 Å². The molecule has 1 fully saturated rings. The predicted molar refractivity (Wildman–Crippen MR) is 105 cm³/mol. The lowest BCUT2D eigenvalue weighted by molar-refractivity contribution is -0.00844. The van der Waals surface area contributed by atoms with Crippen LogP contribution in [-0.2, 0) is 4.74 Å². The van der Waals surface area contributed by atoms with E-state index in [0.717, 1.165) is 17.4 Å². The van der Waals surface area contributed by atoms with Crippen LogP contribution in [0.25, 0.3) is 0 Å². The second-order valence-corrected chi connectivity index (χ2v) is 8.75. The summed E-state index contributed by atoms with van der Waals surface area (Å²) in [5.41, 5.74) is -0.460. The molecular weight excluding hydrogens is 398 g/mol. The van der Waals surface area contributed by atoms with Gasteiger partial charge in [0, 0.05) is 48.5 Å². The van der Waals surface area contributed by atoms with Gasteiger partial charge in [-0.05, 0) is 47.1 Å². The second-order valence-electron chi connectivity index (χ2n) is 7.84. The van der Waals surface area contributed by atoms with Crippen molar-refractivity contribution in [3.05, 3.63) is 22.8 Å². The van der Waals surface area contributed by atoms with Crippen molar-refractivity contribution in [1.29, 1.82) is 0 Å². The van der Waals surface area contributed by atoms with E-state index < -0.39 is 5.60 Å². The summed E-state index contributed by atoms with van der Waals surface area (Å²) >= 11 is 3.41. The topological polar surface area (TPSA) is 54.9 Å². The summed E-state index contributed by atoms with van der Waals surface area (Å²) in [6.45, 7) is 12.9. The van der Waals surface area contributed by atoms with Gasteiger partial charge in [0.15, 0.2) is 0 Å². The molecule has 2 atom stereocenters. The molecular formula is C19H30BrN3O3. The van der Waals surface area contributed by atoms with Crippen LogP contribution in [0.1, 0.15) is 41.0 Å². The quantitative estimate of drug-likeness (QED) is 0.665. The number of halogens is 1. The molecule has 1 aromatic rings. The number of nitrogens with zero attached hydrogens (tertiary/aromatic N) is 3. The Morgan fingerprint density at radius 1 is 1.31 bits per heavy atom. The van der Waals surface area contributed by atoms with E-state index in [4.69, 9.17) is 9.47 Å². The average molecular weight is 428 g/mol. The van der Waals surface area contributed by atoms with Crippen LogP contribution >= 0.6 is 15.9 Å². The third-order valence-corrected chi connectivity index (χ3v) is 4.75. The van der Waals surface area contributed by atoms with Crippen molar-refractivity contribution in [3.63, 3.8) is 0 Å². The number of pyridine rings is 1. The normalized spacial score (nSPS) is 21.5. The maximum Gasteiger partial charge on any atom is 0.410 e. The van der Waals surface area contributed by atoms with Gasteiger partial charge in [0.05, 0.1) is 6.61 Å². The molecule has 6 nitrogen and oxygen atoms in total. The fraction of sp³-hybridized carbons (Fsp3) is 0.684. The molecule has 0 saturated carbocycles. The minimum atomic E-state index is -0.460. The highest BCUT2D eigenvalue weighted by molar-refractivity contribution is 9.10. The SMILES string of the molecule is C[C@@H]1CN(C(=O)OC(C)(C)C)C[C@H](C)N1CCCOc1cc(Br)ccn1. The van der Waals surface area contributed by atoms with Crippen LogP contribution in [0.15, 0.2) is 22.8 Å². The van der Waals surface area contributed by atoms with Gasteiger partial charge < -0.3 is 14.4 Å². The Balaban J connectivity index is 1.78. The van der Waals surface area contributed by atoms with E-state index in [1.165, 1.54) is 0 Å². The predicted octanol–water partition coefficient (Wildman–Crippen LogP) is 3.94.